The average molecular weight is 357 g/mol. The van der Waals surface area contributed by atoms with Gasteiger partial charge in [-0.2, -0.15) is 0 Å². The molecule has 1 aromatic carbocycles. The van der Waals surface area contributed by atoms with Gasteiger partial charge < -0.3 is 20.5 Å². The Balaban J connectivity index is 1.92. The Hall–Kier alpha value is -1.60. The van der Waals surface area contributed by atoms with Crippen molar-refractivity contribution in [3.8, 4) is 0 Å². The van der Waals surface area contributed by atoms with Crippen molar-refractivity contribution in [2.24, 2.45) is 0 Å². The van der Waals surface area contributed by atoms with Gasteiger partial charge in [-0.15, -0.1) is 0 Å². The van der Waals surface area contributed by atoms with E-state index in [1.54, 1.807) is 13.2 Å². The van der Waals surface area contributed by atoms with Crippen molar-refractivity contribution >= 4 is 33.6 Å². The third-order valence-electron chi connectivity index (χ3n) is 3.73. The zero-order valence-corrected chi connectivity index (χ0v) is 13.2. The molecule has 0 heterocycles. The van der Waals surface area contributed by atoms with E-state index in [2.05, 4.69) is 26.6 Å². The maximum absolute atomic E-state index is 11.9. The number of hydrogen-bond donors (Lipinski definition) is 3. The third-order valence-corrected chi connectivity index (χ3v) is 4.39. The van der Waals surface area contributed by atoms with Crippen LogP contribution in [0.15, 0.2) is 22.7 Å². The number of hydrogen-bond acceptors (Lipinski definition) is 3. The number of methoxy groups -OCH3 is 1. The Morgan fingerprint density at radius 1 is 1.43 bits per heavy atom. The van der Waals surface area contributed by atoms with Crippen LogP contribution < -0.4 is 10.6 Å². The van der Waals surface area contributed by atoms with Gasteiger partial charge in [-0.25, -0.2) is 9.59 Å². The molecule has 3 N–H and O–H groups in total. The quantitative estimate of drug-likeness (QED) is 0.756. The van der Waals surface area contributed by atoms with Crippen LogP contribution >= 0.6 is 15.9 Å². The smallest absolute Gasteiger partial charge is 0.335 e. The second kappa shape index (κ2) is 6.44. The summed E-state index contributed by atoms with van der Waals surface area (Å²) in [6.07, 6.45) is 3.00. The van der Waals surface area contributed by atoms with Crippen LogP contribution in [0.1, 0.15) is 29.6 Å². The Morgan fingerprint density at radius 3 is 2.62 bits per heavy atom. The van der Waals surface area contributed by atoms with Crippen molar-refractivity contribution in [2.45, 2.75) is 24.9 Å². The first kappa shape index (κ1) is 15.8. The Kier molecular flexibility index (Phi) is 4.84. The molecule has 0 unspecified atom stereocenters. The molecular weight excluding hydrogens is 340 g/mol. The minimum Gasteiger partial charge on any atom is -0.478 e. The second-order valence-electron chi connectivity index (χ2n) is 5.05. The lowest BCUT2D eigenvalue weighted by Crippen LogP contribution is -2.50. The number of carbonyl (C=O) groups excluding carboxylic acids is 1. The zero-order valence-electron chi connectivity index (χ0n) is 11.6. The number of carboxylic acid groups (broad SMARTS) is 1. The van der Waals surface area contributed by atoms with Gasteiger partial charge in [0.05, 0.1) is 16.9 Å². The molecule has 114 valence electrons. The van der Waals surface area contributed by atoms with Crippen molar-refractivity contribution in [3.05, 3.63) is 28.2 Å². The Morgan fingerprint density at radius 2 is 2.14 bits per heavy atom. The molecule has 1 aliphatic carbocycles. The molecule has 6 nitrogen and oxygen atoms in total. The summed E-state index contributed by atoms with van der Waals surface area (Å²) < 4.78 is 5.94. The van der Waals surface area contributed by atoms with Crippen LogP contribution in [0.25, 0.3) is 0 Å². The number of urea groups is 1. The van der Waals surface area contributed by atoms with Crippen LogP contribution in [0.4, 0.5) is 10.5 Å². The van der Waals surface area contributed by atoms with E-state index >= 15 is 0 Å². The first-order valence-electron chi connectivity index (χ1n) is 6.59. The van der Waals surface area contributed by atoms with E-state index < -0.39 is 5.97 Å². The van der Waals surface area contributed by atoms with Crippen molar-refractivity contribution in [1.82, 2.24) is 5.32 Å². The molecular formula is C14H17BrN2O4. The van der Waals surface area contributed by atoms with Gasteiger partial charge >= 0.3 is 12.0 Å². The topological polar surface area (TPSA) is 87.7 Å². The van der Waals surface area contributed by atoms with E-state index in [-0.39, 0.29) is 17.2 Å². The van der Waals surface area contributed by atoms with Gasteiger partial charge in [0.15, 0.2) is 0 Å². The minimum absolute atomic E-state index is 0.153. The van der Waals surface area contributed by atoms with E-state index in [0.717, 1.165) is 19.3 Å². The highest BCUT2D eigenvalue weighted by Gasteiger charge is 2.37. The molecule has 2 amide bonds. The molecule has 1 saturated carbocycles. The lowest BCUT2D eigenvalue weighted by Gasteiger charge is -2.40. The van der Waals surface area contributed by atoms with Gasteiger partial charge in [-0.3, -0.25) is 0 Å². The summed E-state index contributed by atoms with van der Waals surface area (Å²) in [4.78, 5) is 22.7. The zero-order chi connectivity index (χ0) is 15.5. The van der Waals surface area contributed by atoms with E-state index in [9.17, 15) is 9.59 Å². The molecule has 0 atom stereocenters. The predicted octanol–water partition coefficient (Wildman–Crippen LogP) is 2.84. The molecule has 1 aliphatic rings. The number of anilines is 1. The summed E-state index contributed by atoms with van der Waals surface area (Å²) in [5.41, 5.74) is 0.431. The van der Waals surface area contributed by atoms with Gasteiger partial charge in [0.2, 0.25) is 0 Å². The summed E-state index contributed by atoms with van der Waals surface area (Å²) in [5, 5.41) is 14.3. The summed E-state index contributed by atoms with van der Waals surface area (Å²) in [7, 11) is 1.65. The van der Waals surface area contributed by atoms with Crippen molar-refractivity contribution < 1.29 is 19.4 Å². The first-order valence-corrected chi connectivity index (χ1v) is 7.38. The molecule has 1 aromatic rings. The molecule has 21 heavy (non-hydrogen) atoms. The standard InChI is InChI=1S/C14H17BrN2O4/c1-21-14(5-2-6-14)8-16-13(20)17-11-4-3-9(12(18)19)7-10(11)15/h3-4,7H,2,5-6,8H2,1H3,(H,18,19)(H2,16,17,20). The molecule has 0 saturated heterocycles. The lowest BCUT2D eigenvalue weighted by molar-refractivity contribution is -0.0671. The molecule has 2 rings (SSSR count). The fourth-order valence-corrected chi connectivity index (χ4v) is 2.66. The molecule has 0 aromatic heterocycles. The Bertz CT molecular complexity index is 552. The fourth-order valence-electron chi connectivity index (χ4n) is 2.18. The van der Waals surface area contributed by atoms with Gasteiger partial charge in [0.25, 0.3) is 0 Å². The van der Waals surface area contributed by atoms with Crippen molar-refractivity contribution in [1.29, 1.82) is 0 Å². The fraction of sp³-hybridized carbons (Fsp3) is 0.429. The van der Waals surface area contributed by atoms with E-state index in [0.29, 0.717) is 16.7 Å². The van der Waals surface area contributed by atoms with E-state index in [1.165, 1.54) is 12.1 Å². The van der Waals surface area contributed by atoms with Crippen molar-refractivity contribution in [2.75, 3.05) is 19.0 Å². The second-order valence-corrected chi connectivity index (χ2v) is 5.90. The van der Waals surface area contributed by atoms with Gasteiger partial charge in [-0.1, -0.05) is 0 Å². The number of halogens is 1. The van der Waals surface area contributed by atoms with Gasteiger partial charge in [0, 0.05) is 18.1 Å². The van der Waals surface area contributed by atoms with Crippen LogP contribution in [0, 0.1) is 0 Å². The number of benzene rings is 1. The van der Waals surface area contributed by atoms with E-state index in [4.69, 9.17) is 9.84 Å². The largest absolute Gasteiger partial charge is 0.478 e. The van der Waals surface area contributed by atoms with E-state index in [1.807, 2.05) is 0 Å². The first-order chi connectivity index (χ1) is 9.96. The van der Waals surface area contributed by atoms with Crippen LogP contribution in [0.3, 0.4) is 0 Å². The molecule has 1 fully saturated rings. The highest BCUT2D eigenvalue weighted by molar-refractivity contribution is 9.10. The van der Waals surface area contributed by atoms with Gasteiger partial charge in [-0.05, 0) is 53.4 Å². The Labute approximate surface area is 131 Å². The molecule has 7 heteroatoms. The highest BCUT2D eigenvalue weighted by atomic mass is 79.9. The normalized spacial score (nSPS) is 15.9. The SMILES string of the molecule is COC1(CNC(=O)Nc2ccc(C(=O)O)cc2Br)CCC1. The number of nitrogens with one attached hydrogen (secondary N) is 2. The summed E-state index contributed by atoms with van der Waals surface area (Å²) in [5.74, 6) is -1.02. The number of amides is 2. The number of carboxylic acids is 1. The van der Waals surface area contributed by atoms with Crippen LogP contribution in [0.2, 0.25) is 0 Å². The molecule has 0 spiro atoms. The minimum atomic E-state index is -1.02. The average Bonchev–Trinajstić information content (AvgIpc) is 2.40. The molecule has 0 radical (unpaired) electrons. The number of aromatic carboxylic acids is 1. The predicted molar refractivity (Wildman–Crippen MR) is 81.7 cm³/mol. The van der Waals surface area contributed by atoms with Crippen LogP contribution in [-0.4, -0.2) is 36.4 Å². The molecule has 0 aliphatic heterocycles. The van der Waals surface area contributed by atoms with Crippen molar-refractivity contribution in [3.63, 3.8) is 0 Å². The van der Waals surface area contributed by atoms with Crippen LogP contribution in [0.5, 0.6) is 0 Å². The monoisotopic (exact) mass is 356 g/mol. The summed E-state index contributed by atoms with van der Waals surface area (Å²) in [6.45, 7) is 0.458. The maximum atomic E-state index is 11.9. The highest BCUT2D eigenvalue weighted by Crippen LogP contribution is 2.34. The number of carbonyl (C=O) groups is 2. The van der Waals surface area contributed by atoms with Crippen LogP contribution in [-0.2, 0) is 4.74 Å². The summed E-state index contributed by atoms with van der Waals surface area (Å²) in [6, 6.07) is 4.08. The third kappa shape index (κ3) is 3.74. The number of rotatable bonds is 5. The number of ether oxygens (including phenoxy) is 1. The van der Waals surface area contributed by atoms with Gasteiger partial charge in [0.1, 0.15) is 0 Å². The summed E-state index contributed by atoms with van der Waals surface area (Å²) >= 11 is 3.24. The lowest BCUT2D eigenvalue weighted by atomic mass is 9.80. The maximum Gasteiger partial charge on any atom is 0.335 e. The molecule has 0 bridgehead atoms.